The molecule has 2 fully saturated rings. The number of hydrogen-bond acceptors (Lipinski definition) is 3. The summed E-state index contributed by atoms with van der Waals surface area (Å²) < 4.78 is 0. The summed E-state index contributed by atoms with van der Waals surface area (Å²) >= 11 is 0. The number of anilines is 2. The van der Waals surface area contributed by atoms with Gasteiger partial charge in [-0.05, 0) is 97.6 Å². The molecule has 2 aliphatic rings. The fourth-order valence-electron chi connectivity index (χ4n) is 6.08. The smallest absolute Gasteiger partial charge is 0.303 e. The van der Waals surface area contributed by atoms with Crippen molar-refractivity contribution in [3.05, 3.63) is 53.6 Å². The number of carbonyl (C=O) groups is 1. The summed E-state index contributed by atoms with van der Waals surface area (Å²) in [6.45, 7) is 4.72. The second-order valence-electron chi connectivity index (χ2n) is 9.96. The molecular weight excluding hydrogens is 374 g/mol. The standard InChI is InChI=1S/C26H33NO3/c1-17-11-19-13-20(12-17)16-26(2,15-19)23-14-22(8-9-24(23)28)27-21-6-3-18(4-7-21)5-10-25(29)30/h3-4,6-9,14,17,19-20,27-28H,5,10-13,15-16H2,1-2H3,(H,29,30). The molecule has 0 aromatic heterocycles. The molecule has 0 spiro atoms. The van der Waals surface area contributed by atoms with E-state index in [2.05, 4.69) is 25.2 Å². The number of phenolic OH excluding ortho intramolecular Hbond substituents is 1. The average Bonchev–Trinajstić information content (AvgIpc) is 2.67. The molecule has 2 aromatic carbocycles. The molecule has 4 rings (SSSR count). The third-order valence-electron chi connectivity index (χ3n) is 7.13. The van der Waals surface area contributed by atoms with Crippen LogP contribution in [0.2, 0.25) is 0 Å². The molecule has 2 saturated carbocycles. The maximum Gasteiger partial charge on any atom is 0.303 e. The summed E-state index contributed by atoms with van der Waals surface area (Å²) in [6, 6.07) is 13.8. The van der Waals surface area contributed by atoms with E-state index < -0.39 is 5.97 Å². The zero-order chi connectivity index (χ0) is 21.3. The van der Waals surface area contributed by atoms with Gasteiger partial charge in [0.25, 0.3) is 0 Å². The van der Waals surface area contributed by atoms with Crippen LogP contribution in [-0.4, -0.2) is 16.2 Å². The van der Waals surface area contributed by atoms with Crippen LogP contribution in [-0.2, 0) is 16.6 Å². The molecule has 0 saturated heterocycles. The minimum atomic E-state index is -0.774. The van der Waals surface area contributed by atoms with Crippen molar-refractivity contribution in [1.29, 1.82) is 0 Å². The SMILES string of the molecule is CC1CC2CC(C1)CC(C)(c1cc(Nc3ccc(CCC(=O)O)cc3)ccc1O)C2. The van der Waals surface area contributed by atoms with E-state index in [1.54, 1.807) is 0 Å². The monoisotopic (exact) mass is 407 g/mol. The van der Waals surface area contributed by atoms with Crippen LogP contribution in [0.3, 0.4) is 0 Å². The predicted molar refractivity (Wildman–Crippen MR) is 120 cm³/mol. The van der Waals surface area contributed by atoms with Gasteiger partial charge in [0.1, 0.15) is 5.75 Å². The van der Waals surface area contributed by atoms with Gasteiger partial charge in [0, 0.05) is 23.4 Å². The number of carboxylic acid groups (broad SMARTS) is 1. The Morgan fingerprint density at radius 1 is 1.03 bits per heavy atom. The van der Waals surface area contributed by atoms with Gasteiger partial charge in [-0.3, -0.25) is 4.79 Å². The van der Waals surface area contributed by atoms with Crippen LogP contribution in [0.25, 0.3) is 0 Å². The quantitative estimate of drug-likeness (QED) is 0.495. The van der Waals surface area contributed by atoms with E-state index in [1.807, 2.05) is 36.4 Å². The third kappa shape index (κ3) is 4.63. The van der Waals surface area contributed by atoms with E-state index >= 15 is 0 Å². The maximum atomic E-state index is 10.7. The van der Waals surface area contributed by atoms with Gasteiger partial charge in [0.05, 0.1) is 0 Å². The fourth-order valence-corrected chi connectivity index (χ4v) is 6.08. The van der Waals surface area contributed by atoms with E-state index in [0.29, 0.717) is 12.2 Å². The summed E-state index contributed by atoms with van der Waals surface area (Å²) in [6.07, 6.45) is 6.99. The van der Waals surface area contributed by atoms with Gasteiger partial charge in [0.2, 0.25) is 0 Å². The highest BCUT2D eigenvalue weighted by Gasteiger charge is 2.42. The summed E-state index contributed by atoms with van der Waals surface area (Å²) in [4.78, 5) is 10.7. The van der Waals surface area contributed by atoms with Gasteiger partial charge in [-0.2, -0.15) is 0 Å². The molecule has 2 atom stereocenters. The van der Waals surface area contributed by atoms with E-state index in [0.717, 1.165) is 53.1 Å². The molecule has 2 unspecified atom stereocenters. The van der Waals surface area contributed by atoms with Crippen molar-refractivity contribution < 1.29 is 15.0 Å². The van der Waals surface area contributed by atoms with Gasteiger partial charge >= 0.3 is 5.97 Å². The first kappa shape index (κ1) is 20.8. The highest BCUT2D eigenvalue weighted by molar-refractivity contribution is 5.67. The topological polar surface area (TPSA) is 69.6 Å². The molecule has 2 aromatic rings. The lowest BCUT2D eigenvalue weighted by Crippen LogP contribution is -2.38. The molecule has 160 valence electrons. The van der Waals surface area contributed by atoms with Crippen molar-refractivity contribution in [2.75, 3.05) is 5.32 Å². The second-order valence-corrected chi connectivity index (χ2v) is 9.96. The highest BCUT2D eigenvalue weighted by atomic mass is 16.4. The van der Waals surface area contributed by atoms with E-state index in [4.69, 9.17) is 5.11 Å². The van der Waals surface area contributed by atoms with Crippen molar-refractivity contribution in [2.24, 2.45) is 17.8 Å². The number of fused-ring (bicyclic) bond motifs is 2. The molecule has 0 radical (unpaired) electrons. The van der Waals surface area contributed by atoms with Crippen LogP contribution in [0, 0.1) is 17.8 Å². The highest BCUT2D eigenvalue weighted by Crippen LogP contribution is 2.53. The summed E-state index contributed by atoms with van der Waals surface area (Å²) in [5.74, 6) is 2.00. The molecular formula is C26H33NO3. The van der Waals surface area contributed by atoms with Crippen molar-refractivity contribution in [1.82, 2.24) is 0 Å². The van der Waals surface area contributed by atoms with Gasteiger partial charge in [0.15, 0.2) is 0 Å². The number of nitrogens with one attached hydrogen (secondary N) is 1. The number of phenols is 1. The molecule has 2 bridgehead atoms. The number of carboxylic acids is 1. The Labute approximate surface area is 179 Å². The molecule has 4 nitrogen and oxygen atoms in total. The minimum Gasteiger partial charge on any atom is -0.508 e. The molecule has 0 aliphatic heterocycles. The number of rotatable bonds is 6. The van der Waals surface area contributed by atoms with Crippen LogP contribution in [0.15, 0.2) is 42.5 Å². The second kappa shape index (κ2) is 8.33. The Hall–Kier alpha value is -2.49. The first-order valence-electron chi connectivity index (χ1n) is 11.2. The summed E-state index contributed by atoms with van der Waals surface area (Å²) in [5.41, 5.74) is 4.05. The lowest BCUT2D eigenvalue weighted by molar-refractivity contribution is -0.136. The Balaban J connectivity index is 1.50. The number of aliphatic carboxylic acids is 1. The molecule has 4 heteroatoms. The first-order valence-corrected chi connectivity index (χ1v) is 11.2. The fraction of sp³-hybridized carbons (Fsp3) is 0.500. The predicted octanol–water partition coefficient (Wildman–Crippen LogP) is 6.26. The van der Waals surface area contributed by atoms with Crippen LogP contribution in [0.1, 0.15) is 63.5 Å². The summed E-state index contributed by atoms with van der Waals surface area (Å²) in [7, 11) is 0. The van der Waals surface area contributed by atoms with Gasteiger partial charge in [-0.15, -0.1) is 0 Å². The molecule has 2 aliphatic carbocycles. The number of benzene rings is 2. The van der Waals surface area contributed by atoms with Gasteiger partial charge in [-0.25, -0.2) is 0 Å². The Morgan fingerprint density at radius 3 is 2.30 bits per heavy atom. The zero-order valence-electron chi connectivity index (χ0n) is 18.0. The van der Waals surface area contributed by atoms with Crippen LogP contribution < -0.4 is 5.32 Å². The average molecular weight is 408 g/mol. The van der Waals surface area contributed by atoms with Crippen molar-refractivity contribution >= 4 is 17.3 Å². The maximum absolute atomic E-state index is 10.7. The molecule has 0 heterocycles. The van der Waals surface area contributed by atoms with Crippen molar-refractivity contribution in [2.45, 2.75) is 64.2 Å². The Morgan fingerprint density at radius 2 is 1.67 bits per heavy atom. The lowest BCUT2D eigenvalue weighted by atomic mass is 9.57. The minimum absolute atomic E-state index is 0.0240. The van der Waals surface area contributed by atoms with Crippen LogP contribution in [0.4, 0.5) is 11.4 Å². The van der Waals surface area contributed by atoms with Crippen LogP contribution >= 0.6 is 0 Å². The normalized spacial score (nSPS) is 28.1. The largest absolute Gasteiger partial charge is 0.508 e. The van der Waals surface area contributed by atoms with Crippen LogP contribution in [0.5, 0.6) is 5.75 Å². The molecule has 3 N–H and O–H groups in total. The van der Waals surface area contributed by atoms with E-state index in [9.17, 15) is 9.90 Å². The third-order valence-corrected chi connectivity index (χ3v) is 7.13. The summed E-state index contributed by atoms with van der Waals surface area (Å²) in [5, 5.41) is 23.0. The Kier molecular flexibility index (Phi) is 5.77. The van der Waals surface area contributed by atoms with E-state index in [-0.39, 0.29) is 11.8 Å². The van der Waals surface area contributed by atoms with Gasteiger partial charge < -0.3 is 15.5 Å². The Bertz CT molecular complexity index is 887. The van der Waals surface area contributed by atoms with E-state index in [1.165, 1.54) is 19.3 Å². The lowest BCUT2D eigenvalue weighted by Gasteiger charge is -2.47. The molecule has 0 amide bonds. The van der Waals surface area contributed by atoms with Gasteiger partial charge in [-0.1, -0.05) is 26.0 Å². The van der Waals surface area contributed by atoms with Crippen molar-refractivity contribution in [3.8, 4) is 5.75 Å². The zero-order valence-corrected chi connectivity index (χ0v) is 18.0. The van der Waals surface area contributed by atoms with Crippen molar-refractivity contribution in [3.63, 3.8) is 0 Å². The number of aryl methyl sites for hydroxylation is 1. The first-order chi connectivity index (χ1) is 14.3. The number of aromatic hydroxyl groups is 1. The number of hydrogen-bond donors (Lipinski definition) is 3. The molecule has 30 heavy (non-hydrogen) atoms.